The Bertz CT molecular complexity index is 840. The Labute approximate surface area is 153 Å². The van der Waals surface area contributed by atoms with Gasteiger partial charge in [-0.05, 0) is 59.6 Å². The average molecular weight is 352 g/mol. The lowest BCUT2D eigenvalue weighted by atomic mass is 9.67. The van der Waals surface area contributed by atoms with Crippen LogP contribution in [0.1, 0.15) is 54.4 Å². The molecule has 2 N–H and O–H groups in total. The van der Waals surface area contributed by atoms with Crippen LogP contribution in [0.15, 0.2) is 42.5 Å². The van der Waals surface area contributed by atoms with E-state index in [-0.39, 0.29) is 29.6 Å². The van der Waals surface area contributed by atoms with Crippen LogP contribution in [0.25, 0.3) is 0 Å². The van der Waals surface area contributed by atoms with Crippen molar-refractivity contribution >= 4 is 5.97 Å². The van der Waals surface area contributed by atoms with E-state index in [1.165, 1.54) is 5.56 Å². The number of phenols is 1. The number of ether oxygens (including phenoxy) is 1. The number of carbonyl (C=O) groups is 1. The molecule has 1 heterocycles. The first-order valence-electron chi connectivity index (χ1n) is 9.28. The summed E-state index contributed by atoms with van der Waals surface area (Å²) in [6.07, 6.45) is 2.74. The molecule has 1 saturated heterocycles. The molecule has 3 atom stereocenters. The quantitative estimate of drug-likeness (QED) is 0.798. The summed E-state index contributed by atoms with van der Waals surface area (Å²) in [4.78, 5) is 11.5. The van der Waals surface area contributed by atoms with Gasteiger partial charge in [0.15, 0.2) is 0 Å². The number of phenolic OH excluding ortho intramolecular Hbond substituents is 1. The molecular weight excluding hydrogens is 328 g/mol. The fourth-order valence-electron chi connectivity index (χ4n) is 4.71. The highest BCUT2D eigenvalue weighted by Crippen LogP contribution is 2.50. The van der Waals surface area contributed by atoms with E-state index in [0.717, 1.165) is 36.1 Å². The van der Waals surface area contributed by atoms with Crippen molar-refractivity contribution < 1.29 is 19.7 Å². The minimum atomic E-state index is -0.778. The molecule has 4 heteroatoms. The zero-order valence-corrected chi connectivity index (χ0v) is 14.9. The molecule has 4 rings (SSSR count). The fraction of sp³-hybridized carbons (Fsp3) is 0.409. The number of epoxide rings is 1. The maximum Gasteiger partial charge on any atom is 0.303 e. The van der Waals surface area contributed by atoms with Gasteiger partial charge in [-0.3, -0.25) is 4.79 Å². The van der Waals surface area contributed by atoms with Crippen molar-refractivity contribution in [1.29, 1.82) is 0 Å². The highest BCUT2D eigenvalue weighted by atomic mass is 16.6. The minimum Gasteiger partial charge on any atom is -0.508 e. The second-order valence-electron chi connectivity index (χ2n) is 7.52. The number of rotatable bonds is 5. The van der Waals surface area contributed by atoms with E-state index >= 15 is 0 Å². The number of hydrogen-bond acceptors (Lipinski definition) is 3. The number of benzene rings is 2. The molecule has 26 heavy (non-hydrogen) atoms. The van der Waals surface area contributed by atoms with E-state index in [4.69, 9.17) is 4.74 Å². The van der Waals surface area contributed by atoms with Crippen molar-refractivity contribution in [3.63, 3.8) is 0 Å². The van der Waals surface area contributed by atoms with Crippen molar-refractivity contribution in [3.05, 3.63) is 64.7 Å². The van der Waals surface area contributed by atoms with Crippen molar-refractivity contribution in [2.75, 3.05) is 6.61 Å². The lowest BCUT2D eigenvalue weighted by Crippen LogP contribution is -2.30. The fourth-order valence-corrected chi connectivity index (χ4v) is 4.71. The van der Waals surface area contributed by atoms with Gasteiger partial charge in [0, 0.05) is 5.41 Å². The van der Waals surface area contributed by atoms with E-state index in [2.05, 4.69) is 19.1 Å². The molecule has 1 aliphatic heterocycles. The monoisotopic (exact) mass is 352 g/mol. The Kier molecular flexibility index (Phi) is 4.23. The summed E-state index contributed by atoms with van der Waals surface area (Å²) < 4.78 is 5.57. The molecule has 0 unspecified atom stereocenters. The Morgan fingerprint density at radius 3 is 2.69 bits per heavy atom. The Morgan fingerprint density at radius 1 is 1.23 bits per heavy atom. The van der Waals surface area contributed by atoms with Gasteiger partial charge in [0.2, 0.25) is 0 Å². The molecule has 2 aliphatic rings. The zero-order chi connectivity index (χ0) is 18.3. The average Bonchev–Trinajstić information content (AvgIpc) is 3.44. The van der Waals surface area contributed by atoms with Gasteiger partial charge in [-0.25, -0.2) is 0 Å². The topological polar surface area (TPSA) is 70.1 Å². The third-order valence-corrected chi connectivity index (χ3v) is 5.99. The van der Waals surface area contributed by atoms with Gasteiger partial charge in [0.05, 0.1) is 19.1 Å². The zero-order valence-electron chi connectivity index (χ0n) is 14.9. The van der Waals surface area contributed by atoms with Crippen LogP contribution < -0.4 is 0 Å². The molecule has 0 bridgehead atoms. The first kappa shape index (κ1) is 17.1. The summed E-state index contributed by atoms with van der Waals surface area (Å²) in [7, 11) is 0. The van der Waals surface area contributed by atoms with E-state index in [9.17, 15) is 15.0 Å². The number of carboxylic acids is 1. The molecule has 2 aromatic carbocycles. The summed E-state index contributed by atoms with van der Waals surface area (Å²) in [5.74, 6) is -0.590. The van der Waals surface area contributed by atoms with E-state index in [1.807, 2.05) is 24.3 Å². The van der Waals surface area contributed by atoms with Crippen molar-refractivity contribution in [2.45, 2.75) is 50.0 Å². The van der Waals surface area contributed by atoms with Crippen LogP contribution >= 0.6 is 0 Å². The standard InChI is InChI=1S/C22H24O4/c1-2-22(12-17-13-26-17)19-6-4-3-5-18(19)15(10-21(24)25)9-14-7-8-16(23)11-20(14)22/h3-8,11,15,17,23H,2,9-10,12-13H2,1H3,(H,24,25)/t15-,17+,22-/m0/s1. The predicted molar refractivity (Wildman–Crippen MR) is 98.7 cm³/mol. The molecule has 2 aromatic rings. The van der Waals surface area contributed by atoms with Gasteiger partial charge < -0.3 is 14.9 Å². The number of aromatic hydroxyl groups is 1. The van der Waals surface area contributed by atoms with Gasteiger partial charge >= 0.3 is 5.97 Å². The highest BCUT2D eigenvalue weighted by Gasteiger charge is 2.44. The maximum absolute atomic E-state index is 11.5. The molecule has 4 nitrogen and oxygen atoms in total. The largest absolute Gasteiger partial charge is 0.508 e. The van der Waals surface area contributed by atoms with Crippen LogP contribution in [0, 0.1) is 0 Å². The van der Waals surface area contributed by atoms with Crippen LogP contribution in [-0.2, 0) is 21.4 Å². The van der Waals surface area contributed by atoms with Gasteiger partial charge in [-0.1, -0.05) is 37.3 Å². The Balaban J connectivity index is 1.97. The summed E-state index contributed by atoms with van der Waals surface area (Å²) >= 11 is 0. The Hall–Kier alpha value is -2.33. The molecule has 136 valence electrons. The number of hydrogen-bond donors (Lipinski definition) is 2. The van der Waals surface area contributed by atoms with Crippen LogP contribution in [0.4, 0.5) is 0 Å². The molecule has 1 aliphatic carbocycles. The van der Waals surface area contributed by atoms with Gasteiger partial charge in [0.1, 0.15) is 5.75 Å². The smallest absolute Gasteiger partial charge is 0.303 e. The second-order valence-corrected chi connectivity index (χ2v) is 7.52. The van der Waals surface area contributed by atoms with E-state index < -0.39 is 5.97 Å². The molecule has 1 fully saturated rings. The van der Waals surface area contributed by atoms with Crippen molar-refractivity contribution in [2.24, 2.45) is 0 Å². The van der Waals surface area contributed by atoms with E-state index in [1.54, 1.807) is 6.07 Å². The molecule has 0 amide bonds. The van der Waals surface area contributed by atoms with Gasteiger partial charge in [-0.2, -0.15) is 0 Å². The van der Waals surface area contributed by atoms with Crippen LogP contribution in [-0.4, -0.2) is 28.9 Å². The van der Waals surface area contributed by atoms with Crippen molar-refractivity contribution in [1.82, 2.24) is 0 Å². The minimum absolute atomic E-state index is 0.0689. The molecule has 0 aromatic heterocycles. The molecular formula is C22H24O4. The molecule has 0 radical (unpaired) electrons. The van der Waals surface area contributed by atoms with Crippen LogP contribution in [0.5, 0.6) is 5.75 Å². The van der Waals surface area contributed by atoms with Crippen molar-refractivity contribution in [3.8, 4) is 5.75 Å². The predicted octanol–water partition coefficient (Wildman–Crippen LogP) is 3.99. The first-order chi connectivity index (χ1) is 12.5. The summed E-state index contributed by atoms with van der Waals surface area (Å²) in [6.45, 7) is 2.95. The lowest BCUT2D eigenvalue weighted by Gasteiger charge is -2.36. The number of carboxylic acid groups (broad SMARTS) is 1. The third-order valence-electron chi connectivity index (χ3n) is 5.99. The SMILES string of the molecule is CC[C@@]1(C[C@@H]2CO2)c2cc(O)ccc2C[C@@H](CC(=O)O)c2ccccc21. The van der Waals surface area contributed by atoms with Crippen LogP contribution in [0.3, 0.4) is 0 Å². The summed E-state index contributed by atoms with van der Waals surface area (Å²) in [5, 5.41) is 19.6. The van der Waals surface area contributed by atoms with E-state index in [0.29, 0.717) is 6.42 Å². The third kappa shape index (κ3) is 2.88. The van der Waals surface area contributed by atoms with Gasteiger partial charge in [0.25, 0.3) is 0 Å². The number of fused-ring (bicyclic) bond motifs is 2. The normalized spacial score (nSPS) is 26.5. The number of aliphatic carboxylic acids is 1. The van der Waals surface area contributed by atoms with Gasteiger partial charge in [-0.15, -0.1) is 0 Å². The highest BCUT2D eigenvalue weighted by molar-refractivity contribution is 5.69. The van der Waals surface area contributed by atoms with Crippen LogP contribution in [0.2, 0.25) is 0 Å². The molecule has 0 saturated carbocycles. The lowest BCUT2D eigenvalue weighted by molar-refractivity contribution is -0.137. The maximum atomic E-state index is 11.5. The second kappa shape index (κ2) is 6.44. The summed E-state index contributed by atoms with van der Waals surface area (Å²) in [5.41, 5.74) is 4.30. The first-order valence-corrected chi connectivity index (χ1v) is 9.28. The Morgan fingerprint density at radius 2 is 2.00 bits per heavy atom. The summed E-state index contributed by atoms with van der Waals surface area (Å²) in [6, 6.07) is 13.8. The molecule has 0 spiro atoms.